The summed E-state index contributed by atoms with van der Waals surface area (Å²) >= 11 is 0. The molecular weight excluding hydrogens is 750 g/mol. The smallest absolute Gasteiger partial charge is 0.309 e. The zero-order valence-corrected chi connectivity index (χ0v) is 42.0. The number of unbranched alkanes of at least 4 members (excludes halogenated alkanes) is 20. The number of hydrogen-bond acceptors (Lipinski definition) is 2. The molecule has 1 N–H and O–H groups in total. The first kappa shape index (κ1) is 50.7. The predicted octanol–water partition coefficient (Wildman–Crippen LogP) is 15.0. The molecular formula is C58H92B2O2. The Morgan fingerprint density at radius 3 is 1.18 bits per heavy atom. The van der Waals surface area contributed by atoms with Crippen LogP contribution in [0.5, 0.6) is 0 Å². The maximum Gasteiger partial charge on any atom is 0.309 e. The van der Waals surface area contributed by atoms with Gasteiger partial charge >= 0.3 is 7.48 Å². The van der Waals surface area contributed by atoms with Gasteiger partial charge in [-0.2, -0.15) is 0 Å². The fraction of sp³-hybridized carbons (Fsp3) is 0.690. The molecule has 0 aromatic heterocycles. The Morgan fingerprint density at radius 1 is 0.452 bits per heavy atom. The summed E-state index contributed by atoms with van der Waals surface area (Å²) in [4.78, 5) is 0. The summed E-state index contributed by atoms with van der Waals surface area (Å²) in [6.07, 6.45) is 37.0. The number of fused-ring (bicyclic) bond motifs is 6. The molecule has 0 aliphatic heterocycles. The highest BCUT2D eigenvalue weighted by Crippen LogP contribution is 2.60. The van der Waals surface area contributed by atoms with Gasteiger partial charge in [-0.25, -0.2) is 0 Å². The molecule has 2 aliphatic rings. The van der Waals surface area contributed by atoms with E-state index >= 15 is 0 Å². The van der Waals surface area contributed by atoms with Crippen LogP contribution in [0, 0.1) is 0 Å². The van der Waals surface area contributed by atoms with E-state index in [-0.39, 0.29) is 10.8 Å². The lowest BCUT2D eigenvalue weighted by atomic mass is 9.68. The fourth-order valence-electron chi connectivity index (χ4n) is 11.3. The van der Waals surface area contributed by atoms with Crippen molar-refractivity contribution in [2.75, 3.05) is 0 Å². The third-order valence-electron chi connectivity index (χ3n) is 16.0. The molecule has 342 valence electrons. The minimum atomic E-state index is -0.938. The Kier molecular flexibility index (Phi) is 19.9. The maximum atomic E-state index is 11.0. The van der Waals surface area contributed by atoms with Crippen molar-refractivity contribution >= 4 is 26.3 Å². The Labute approximate surface area is 384 Å². The molecule has 0 atom stereocenters. The lowest BCUT2D eigenvalue weighted by molar-refractivity contribution is -0.0893. The molecule has 5 rings (SSSR count). The van der Waals surface area contributed by atoms with Gasteiger partial charge in [0.05, 0.1) is 11.2 Å². The van der Waals surface area contributed by atoms with Gasteiger partial charge in [0.1, 0.15) is 7.85 Å². The van der Waals surface area contributed by atoms with Gasteiger partial charge in [-0.05, 0) is 110 Å². The zero-order chi connectivity index (χ0) is 44.6. The largest absolute Gasteiger partial charge is 0.427 e. The molecule has 0 fully saturated rings. The fourth-order valence-corrected chi connectivity index (χ4v) is 11.3. The van der Waals surface area contributed by atoms with Crippen LogP contribution >= 0.6 is 0 Å². The van der Waals surface area contributed by atoms with Gasteiger partial charge < -0.3 is 9.76 Å². The number of benzene rings is 3. The van der Waals surface area contributed by atoms with Crippen molar-refractivity contribution < 1.29 is 9.76 Å². The van der Waals surface area contributed by atoms with E-state index in [1.54, 1.807) is 27.8 Å². The highest BCUT2D eigenvalue weighted by atomic mass is 16.5. The second-order valence-corrected chi connectivity index (χ2v) is 21.5. The van der Waals surface area contributed by atoms with Gasteiger partial charge in [-0.3, -0.25) is 0 Å². The lowest BCUT2D eigenvalue weighted by Gasteiger charge is -2.38. The minimum absolute atomic E-state index is 0.00828. The second kappa shape index (κ2) is 24.3. The standard InChI is InChI=1S/C58H92B2O2/c1-9-13-17-21-25-29-37-57(38-30-26-22-18-14-10-2)51-41-45(59)33-35-47(51)49-43-54-50(44-53(49)57)48-36-34-46(60-62-56(7,8)55(5,6)61)42-52(48)58(54,39-31-27-23-19-15-11-3)40-32-28-24-20-16-12-4/h33-36,41-44,60-61H,9-32,37-40,59H2,1-8H3. The van der Waals surface area contributed by atoms with Gasteiger partial charge in [0.25, 0.3) is 0 Å². The lowest BCUT2D eigenvalue weighted by Crippen LogP contribution is -2.49. The average Bonchev–Trinajstić information content (AvgIpc) is 3.66. The van der Waals surface area contributed by atoms with E-state index in [1.807, 2.05) is 27.7 Å². The summed E-state index contributed by atoms with van der Waals surface area (Å²) in [5, 5.41) is 11.0. The van der Waals surface area contributed by atoms with Crippen LogP contribution in [0.25, 0.3) is 22.3 Å². The van der Waals surface area contributed by atoms with Crippen molar-refractivity contribution in [2.45, 2.75) is 257 Å². The number of hydrogen-bond donors (Lipinski definition) is 1. The Hall–Kier alpha value is -2.29. The first-order valence-corrected chi connectivity index (χ1v) is 26.7. The van der Waals surface area contributed by atoms with E-state index in [2.05, 4.69) is 84.1 Å². The Morgan fingerprint density at radius 2 is 0.790 bits per heavy atom. The van der Waals surface area contributed by atoms with Crippen molar-refractivity contribution in [2.24, 2.45) is 0 Å². The average molecular weight is 843 g/mol. The topological polar surface area (TPSA) is 29.5 Å². The van der Waals surface area contributed by atoms with Gasteiger partial charge in [0.15, 0.2) is 0 Å². The number of rotatable bonds is 32. The molecule has 4 heteroatoms. The van der Waals surface area contributed by atoms with Crippen molar-refractivity contribution in [3.8, 4) is 22.3 Å². The third-order valence-corrected chi connectivity index (χ3v) is 16.0. The summed E-state index contributed by atoms with van der Waals surface area (Å²) in [5.74, 6) is 0. The quantitative estimate of drug-likeness (QED) is 0.0501. The van der Waals surface area contributed by atoms with Crippen LogP contribution in [0.1, 0.15) is 257 Å². The van der Waals surface area contributed by atoms with Crippen LogP contribution in [0.4, 0.5) is 0 Å². The summed E-state index contributed by atoms with van der Waals surface area (Å²) < 4.78 is 6.58. The number of aliphatic hydroxyl groups is 1. The first-order chi connectivity index (χ1) is 29.9. The molecule has 0 amide bonds. The van der Waals surface area contributed by atoms with Gasteiger partial charge in [-0.1, -0.05) is 229 Å². The van der Waals surface area contributed by atoms with E-state index in [9.17, 15) is 5.11 Å². The van der Waals surface area contributed by atoms with Crippen molar-refractivity contribution in [1.29, 1.82) is 0 Å². The molecule has 0 radical (unpaired) electrons. The molecule has 0 unspecified atom stereocenters. The molecule has 0 bridgehead atoms. The first-order valence-electron chi connectivity index (χ1n) is 26.7. The monoisotopic (exact) mass is 843 g/mol. The van der Waals surface area contributed by atoms with Gasteiger partial charge in [0, 0.05) is 10.8 Å². The summed E-state index contributed by atoms with van der Waals surface area (Å²) in [6, 6.07) is 20.5. The van der Waals surface area contributed by atoms with E-state index in [0.717, 1.165) is 0 Å². The van der Waals surface area contributed by atoms with Crippen LogP contribution in [0.15, 0.2) is 48.5 Å². The minimum Gasteiger partial charge on any atom is -0.427 e. The van der Waals surface area contributed by atoms with Gasteiger partial charge in [-0.15, -0.1) is 0 Å². The molecule has 3 aromatic carbocycles. The van der Waals surface area contributed by atoms with Crippen LogP contribution in [0.3, 0.4) is 0 Å². The molecule has 62 heavy (non-hydrogen) atoms. The molecule has 0 heterocycles. The molecule has 2 aliphatic carbocycles. The zero-order valence-electron chi connectivity index (χ0n) is 42.0. The second-order valence-electron chi connectivity index (χ2n) is 21.5. The van der Waals surface area contributed by atoms with Crippen molar-refractivity contribution in [3.05, 3.63) is 70.8 Å². The maximum absolute atomic E-state index is 11.0. The molecule has 0 saturated carbocycles. The van der Waals surface area contributed by atoms with Crippen LogP contribution < -0.4 is 10.9 Å². The summed E-state index contributed by atoms with van der Waals surface area (Å²) in [6.45, 7) is 17.1. The van der Waals surface area contributed by atoms with Crippen LogP contribution in [0.2, 0.25) is 0 Å². The summed E-state index contributed by atoms with van der Waals surface area (Å²) in [7, 11) is 2.84. The van der Waals surface area contributed by atoms with E-state index in [1.165, 1.54) is 207 Å². The van der Waals surface area contributed by atoms with Crippen LogP contribution in [-0.4, -0.2) is 31.6 Å². The van der Waals surface area contributed by atoms with E-state index < -0.39 is 11.2 Å². The predicted molar refractivity (Wildman–Crippen MR) is 277 cm³/mol. The third kappa shape index (κ3) is 12.3. The molecule has 2 nitrogen and oxygen atoms in total. The van der Waals surface area contributed by atoms with E-state index in [4.69, 9.17) is 4.65 Å². The Balaban J connectivity index is 1.65. The van der Waals surface area contributed by atoms with Gasteiger partial charge in [0.2, 0.25) is 0 Å². The van der Waals surface area contributed by atoms with Crippen LogP contribution in [-0.2, 0) is 15.5 Å². The SMILES string of the molecule is Bc1ccc2c(c1)C(CCCCCCCC)(CCCCCCCC)c1cc3c(cc1-2)C(CCCCCCCC)(CCCCCCCC)c1cc(BOC(C)(C)C(C)(C)O)ccc1-3. The summed E-state index contributed by atoms with van der Waals surface area (Å²) in [5.41, 5.74) is 13.6. The molecule has 0 saturated heterocycles. The molecule has 3 aromatic rings. The highest BCUT2D eigenvalue weighted by Gasteiger charge is 2.48. The van der Waals surface area contributed by atoms with E-state index in [0.29, 0.717) is 7.48 Å². The highest BCUT2D eigenvalue weighted by molar-refractivity contribution is 6.47. The molecule has 0 spiro atoms. The van der Waals surface area contributed by atoms with Crippen molar-refractivity contribution in [3.63, 3.8) is 0 Å². The van der Waals surface area contributed by atoms with Crippen molar-refractivity contribution in [1.82, 2.24) is 0 Å². The Bertz CT molecular complexity index is 1770. The normalized spacial score (nSPS) is 14.8.